The predicted molar refractivity (Wildman–Crippen MR) is 61.1 cm³/mol. The van der Waals surface area contributed by atoms with Gasteiger partial charge in [-0.3, -0.25) is 0 Å². The number of rotatable bonds is 2. The van der Waals surface area contributed by atoms with Gasteiger partial charge in [0.15, 0.2) is 0 Å². The fourth-order valence-corrected chi connectivity index (χ4v) is 2.40. The molecule has 2 rings (SSSR count). The van der Waals surface area contributed by atoms with Gasteiger partial charge < -0.3 is 10.5 Å². The number of hydrogen-bond donors (Lipinski definition) is 1. The Morgan fingerprint density at radius 3 is 2.76 bits per heavy atom. The first-order chi connectivity index (χ1) is 7.88. The second kappa shape index (κ2) is 4.49. The van der Waals surface area contributed by atoms with Crippen molar-refractivity contribution in [1.82, 2.24) is 0 Å². The van der Waals surface area contributed by atoms with Crippen LogP contribution in [0.4, 0.5) is 13.2 Å². The number of ether oxygens (including phenoxy) is 1. The van der Waals surface area contributed by atoms with Crippen LogP contribution in [0, 0.1) is 0 Å². The summed E-state index contributed by atoms with van der Waals surface area (Å²) in [5, 5.41) is 0. The summed E-state index contributed by atoms with van der Waals surface area (Å²) in [6.07, 6.45) is -3.91. The lowest BCUT2D eigenvalue weighted by Crippen LogP contribution is -2.39. The van der Waals surface area contributed by atoms with E-state index in [0.717, 1.165) is 16.5 Å². The third kappa shape index (κ3) is 2.74. The molecule has 1 aliphatic rings. The Labute approximate surface area is 105 Å². The average Bonchev–Trinajstić information content (AvgIpc) is 2.63. The van der Waals surface area contributed by atoms with Crippen LogP contribution in [0.25, 0.3) is 0 Å². The summed E-state index contributed by atoms with van der Waals surface area (Å²) in [5.41, 5.74) is 6.58. The molecule has 1 aliphatic heterocycles. The second-order valence-electron chi connectivity index (χ2n) is 4.00. The van der Waals surface area contributed by atoms with Crippen LogP contribution in [-0.2, 0) is 12.8 Å². The summed E-state index contributed by atoms with van der Waals surface area (Å²) >= 11 is 3.28. The third-order valence-electron chi connectivity index (χ3n) is 2.69. The second-order valence-corrected chi connectivity index (χ2v) is 4.92. The highest BCUT2D eigenvalue weighted by atomic mass is 79.9. The summed E-state index contributed by atoms with van der Waals surface area (Å²) in [5.74, 6) is 0.563. The third-order valence-corrected chi connectivity index (χ3v) is 3.14. The monoisotopic (exact) mass is 309 g/mol. The maximum Gasteiger partial charge on any atom is 0.403 e. The summed E-state index contributed by atoms with van der Waals surface area (Å²) in [6.45, 7) is 0.514. The van der Waals surface area contributed by atoms with E-state index in [1.807, 2.05) is 6.07 Å². The van der Waals surface area contributed by atoms with Crippen LogP contribution >= 0.6 is 15.9 Å². The smallest absolute Gasteiger partial charge is 0.403 e. The highest BCUT2D eigenvalue weighted by molar-refractivity contribution is 9.10. The van der Waals surface area contributed by atoms with Gasteiger partial charge in [-0.05, 0) is 29.7 Å². The summed E-state index contributed by atoms with van der Waals surface area (Å²) in [7, 11) is 0. The van der Waals surface area contributed by atoms with E-state index < -0.39 is 12.2 Å². The lowest BCUT2D eigenvalue weighted by molar-refractivity contribution is -0.147. The molecule has 1 aromatic carbocycles. The molecule has 6 heteroatoms. The average molecular weight is 310 g/mol. The highest BCUT2D eigenvalue weighted by Gasteiger charge is 2.37. The van der Waals surface area contributed by atoms with Gasteiger partial charge in [-0.15, -0.1) is 0 Å². The maximum absolute atomic E-state index is 12.4. The van der Waals surface area contributed by atoms with Crippen LogP contribution in [0.2, 0.25) is 0 Å². The van der Waals surface area contributed by atoms with Gasteiger partial charge >= 0.3 is 6.18 Å². The normalized spacial score (nSPS) is 16.5. The van der Waals surface area contributed by atoms with Crippen LogP contribution in [0.5, 0.6) is 5.75 Å². The number of fused-ring (bicyclic) bond motifs is 1. The lowest BCUT2D eigenvalue weighted by Gasteiger charge is -2.17. The van der Waals surface area contributed by atoms with E-state index in [1.54, 1.807) is 6.07 Å². The molecule has 0 radical (unpaired) electrons. The Balaban J connectivity index is 2.27. The SMILES string of the molecule is NC(Cc1cc(Br)cc2c1OCC2)C(F)(F)F. The van der Waals surface area contributed by atoms with Crippen molar-refractivity contribution < 1.29 is 17.9 Å². The van der Waals surface area contributed by atoms with Gasteiger partial charge in [-0.25, -0.2) is 0 Å². The minimum atomic E-state index is -4.38. The molecule has 0 aromatic heterocycles. The van der Waals surface area contributed by atoms with Crippen LogP contribution in [0.3, 0.4) is 0 Å². The van der Waals surface area contributed by atoms with Crippen molar-refractivity contribution in [3.05, 3.63) is 27.7 Å². The molecule has 2 N–H and O–H groups in total. The van der Waals surface area contributed by atoms with Crippen molar-refractivity contribution in [3.8, 4) is 5.75 Å². The van der Waals surface area contributed by atoms with Gasteiger partial charge in [0.05, 0.1) is 6.61 Å². The number of hydrogen-bond acceptors (Lipinski definition) is 2. The van der Waals surface area contributed by atoms with E-state index in [9.17, 15) is 13.2 Å². The zero-order valence-corrected chi connectivity index (χ0v) is 10.4. The predicted octanol–water partition coefficient (Wildman–Crippen LogP) is 2.82. The van der Waals surface area contributed by atoms with Crippen LogP contribution in [0.1, 0.15) is 11.1 Å². The minimum Gasteiger partial charge on any atom is -0.493 e. The Morgan fingerprint density at radius 2 is 2.12 bits per heavy atom. The molecule has 0 spiro atoms. The van der Waals surface area contributed by atoms with E-state index in [2.05, 4.69) is 15.9 Å². The van der Waals surface area contributed by atoms with Crippen molar-refractivity contribution in [2.75, 3.05) is 6.61 Å². The number of alkyl halides is 3. The Bertz CT molecular complexity index is 433. The van der Waals surface area contributed by atoms with E-state index in [4.69, 9.17) is 10.5 Å². The molecule has 2 nitrogen and oxygen atoms in total. The summed E-state index contributed by atoms with van der Waals surface area (Å²) in [6, 6.07) is 1.64. The Kier molecular flexibility index (Phi) is 3.36. The van der Waals surface area contributed by atoms with Gasteiger partial charge in [0.25, 0.3) is 0 Å². The molecule has 1 heterocycles. The van der Waals surface area contributed by atoms with Crippen LogP contribution < -0.4 is 10.5 Å². The quantitative estimate of drug-likeness (QED) is 0.912. The van der Waals surface area contributed by atoms with E-state index in [1.165, 1.54) is 0 Å². The highest BCUT2D eigenvalue weighted by Crippen LogP contribution is 2.35. The van der Waals surface area contributed by atoms with Gasteiger partial charge in [0.2, 0.25) is 0 Å². The topological polar surface area (TPSA) is 35.2 Å². The fraction of sp³-hybridized carbons (Fsp3) is 0.455. The first-order valence-electron chi connectivity index (χ1n) is 5.14. The molecule has 94 valence electrons. The van der Waals surface area contributed by atoms with Gasteiger partial charge in [-0.2, -0.15) is 13.2 Å². The number of nitrogens with two attached hydrogens (primary N) is 1. The largest absolute Gasteiger partial charge is 0.493 e. The first-order valence-corrected chi connectivity index (χ1v) is 5.93. The molecule has 0 aliphatic carbocycles. The number of halogens is 4. The van der Waals surface area contributed by atoms with E-state index in [-0.39, 0.29) is 6.42 Å². The van der Waals surface area contributed by atoms with Crippen molar-refractivity contribution in [1.29, 1.82) is 0 Å². The van der Waals surface area contributed by atoms with Crippen molar-refractivity contribution in [3.63, 3.8) is 0 Å². The van der Waals surface area contributed by atoms with Gasteiger partial charge in [0, 0.05) is 10.9 Å². The standard InChI is InChI=1S/C11H11BrF3NO/c12-8-3-6-1-2-17-10(6)7(4-8)5-9(16)11(13,14)15/h3-4,9H,1-2,5,16H2. The lowest BCUT2D eigenvalue weighted by atomic mass is 10.0. The van der Waals surface area contributed by atoms with Crippen LogP contribution in [-0.4, -0.2) is 18.8 Å². The molecular weight excluding hydrogens is 299 g/mol. The minimum absolute atomic E-state index is 0.259. The summed E-state index contributed by atoms with van der Waals surface area (Å²) in [4.78, 5) is 0. The van der Waals surface area contributed by atoms with Crippen molar-refractivity contribution >= 4 is 15.9 Å². The van der Waals surface area contributed by atoms with Gasteiger partial charge in [-0.1, -0.05) is 15.9 Å². The van der Waals surface area contributed by atoms with Gasteiger partial charge in [0.1, 0.15) is 11.8 Å². The molecule has 0 bridgehead atoms. The van der Waals surface area contributed by atoms with Crippen molar-refractivity contribution in [2.24, 2.45) is 5.73 Å². The van der Waals surface area contributed by atoms with E-state index >= 15 is 0 Å². The number of benzene rings is 1. The molecular formula is C11H11BrF3NO. The Hall–Kier alpha value is -0.750. The Morgan fingerprint density at radius 1 is 1.41 bits per heavy atom. The zero-order valence-electron chi connectivity index (χ0n) is 8.85. The zero-order chi connectivity index (χ0) is 12.6. The molecule has 0 saturated carbocycles. The molecule has 0 saturated heterocycles. The molecule has 17 heavy (non-hydrogen) atoms. The molecule has 0 amide bonds. The fourth-order valence-electron chi connectivity index (χ4n) is 1.85. The van der Waals surface area contributed by atoms with E-state index in [0.29, 0.717) is 17.9 Å². The van der Waals surface area contributed by atoms with Crippen molar-refractivity contribution in [2.45, 2.75) is 25.1 Å². The first kappa shape index (κ1) is 12.7. The summed E-state index contributed by atoms with van der Waals surface area (Å²) < 4.78 is 43.3. The molecule has 1 unspecified atom stereocenters. The molecule has 0 fully saturated rings. The molecule has 1 aromatic rings. The van der Waals surface area contributed by atoms with Crippen LogP contribution in [0.15, 0.2) is 16.6 Å². The maximum atomic E-state index is 12.4. The molecule has 1 atom stereocenters.